The summed E-state index contributed by atoms with van der Waals surface area (Å²) in [6, 6.07) is 12.5. The van der Waals surface area contributed by atoms with Crippen LogP contribution in [0.1, 0.15) is 12.8 Å². The van der Waals surface area contributed by atoms with Gasteiger partial charge in [0.2, 0.25) is 5.91 Å². The van der Waals surface area contributed by atoms with Gasteiger partial charge in [-0.3, -0.25) is 9.10 Å². The Kier molecular flexibility index (Phi) is 5.22. The van der Waals surface area contributed by atoms with Crippen LogP contribution >= 0.6 is 23.2 Å². The van der Waals surface area contributed by atoms with Crippen LogP contribution in [-0.2, 0) is 14.8 Å². The van der Waals surface area contributed by atoms with Gasteiger partial charge in [0.1, 0.15) is 6.54 Å². The largest absolute Gasteiger partial charge is 0.352 e. The fourth-order valence-electron chi connectivity index (χ4n) is 2.35. The van der Waals surface area contributed by atoms with Gasteiger partial charge in [0.15, 0.2) is 0 Å². The summed E-state index contributed by atoms with van der Waals surface area (Å²) in [5.74, 6) is -0.363. The van der Waals surface area contributed by atoms with Gasteiger partial charge in [-0.2, -0.15) is 0 Å². The molecule has 2 aromatic rings. The lowest BCUT2D eigenvalue weighted by atomic mass is 10.3. The number of anilines is 1. The normalized spacial score (nSPS) is 14.2. The number of halogens is 2. The summed E-state index contributed by atoms with van der Waals surface area (Å²) in [6.07, 6.45) is 1.83. The van der Waals surface area contributed by atoms with Gasteiger partial charge in [-0.05, 0) is 43.2 Å². The molecule has 0 heterocycles. The van der Waals surface area contributed by atoms with Crippen molar-refractivity contribution in [3.8, 4) is 0 Å². The molecule has 0 radical (unpaired) electrons. The van der Waals surface area contributed by atoms with Gasteiger partial charge in [-0.1, -0.05) is 41.4 Å². The molecule has 1 amide bonds. The fourth-order valence-corrected chi connectivity index (χ4v) is 4.29. The predicted molar refractivity (Wildman–Crippen MR) is 98.6 cm³/mol. The molecule has 3 rings (SSSR count). The molecule has 132 valence electrons. The molecular weight excluding hydrogens is 383 g/mol. The second kappa shape index (κ2) is 7.23. The van der Waals surface area contributed by atoms with Crippen LogP contribution in [0.2, 0.25) is 10.0 Å². The third-order valence-corrected chi connectivity index (χ3v) is 5.92. The van der Waals surface area contributed by atoms with E-state index in [1.54, 1.807) is 18.2 Å². The van der Waals surface area contributed by atoms with E-state index in [1.807, 2.05) is 0 Å². The van der Waals surface area contributed by atoms with Crippen molar-refractivity contribution in [3.63, 3.8) is 0 Å². The summed E-state index contributed by atoms with van der Waals surface area (Å²) < 4.78 is 27.1. The highest BCUT2D eigenvalue weighted by Gasteiger charge is 2.30. The molecule has 1 N–H and O–H groups in total. The molecule has 0 aromatic heterocycles. The third kappa shape index (κ3) is 4.45. The molecule has 0 spiro atoms. The molecule has 25 heavy (non-hydrogen) atoms. The number of sulfonamides is 1. The maximum absolute atomic E-state index is 13.1. The summed E-state index contributed by atoms with van der Waals surface area (Å²) >= 11 is 12.0. The molecule has 0 saturated heterocycles. The minimum absolute atomic E-state index is 0.0883. The minimum atomic E-state index is -3.94. The van der Waals surface area contributed by atoms with E-state index < -0.39 is 10.0 Å². The zero-order valence-electron chi connectivity index (χ0n) is 13.2. The first-order chi connectivity index (χ1) is 11.9. The Morgan fingerprint density at radius 1 is 1.08 bits per heavy atom. The van der Waals surface area contributed by atoms with Crippen molar-refractivity contribution in [2.75, 3.05) is 10.8 Å². The van der Waals surface area contributed by atoms with Gasteiger partial charge in [-0.15, -0.1) is 0 Å². The lowest BCUT2D eigenvalue weighted by Crippen LogP contribution is -2.41. The number of carbonyl (C=O) groups is 1. The molecule has 0 atom stereocenters. The minimum Gasteiger partial charge on any atom is -0.352 e. The molecule has 0 bridgehead atoms. The van der Waals surface area contributed by atoms with Gasteiger partial charge in [0.05, 0.1) is 10.6 Å². The third-order valence-electron chi connectivity index (χ3n) is 3.70. The van der Waals surface area contributed by atoms with Crippen molar-refractivity contribution in [2.24, 2.45) is 0 Å². The summed E-state index contributed by atoms with van der Waals surface area (Å²) in [7, 11) is -3.94. The molecule has 1 saturated carbocycles. The van der Waals surface area contributed by atoms with Gasteiger partial charge in [0, 0.05) is 16.1 Å². The van der Waals surface area contributed by atoms with Crippen LogP contribution in [0.3, 0.4) is 0 Å². The molecule has 1 fully saturated rings. The Bertz CT molecular complexity index is 864. The van der Waals surface area contributed by atoms with Crippen LogP contribution in [0.5, 0.6) is 0 Å². The monoisotopic (exact) mass is 398 g/mol. The number of amides is 1. The van der Waals surface area contributed by atoms with Crippen molar-refractivity contribution in [3.05, 3.63) is 58.6 Å². The summed E-state index contributed by atoms with van der Waals surface area (Å²) in [4.78, 5) is 12.3. The number of hydrogen-bond donors (Lipinski definition) is 1. The first-order valence-corrected chi connectivity index (χ1v) is 9.89. The van der Waals surface area contributed by atoms with Crippen molar-refractivity contribution in [1.82, 2.24) is 5.32 Å². The quantitative estimate of drug-likeness (QED) is 0.809. The zero-order chi connectivity index (χ0) is 18.0. The molecule has 1 aliphatic rings. The summed E-state index contributed by atoms with van der Waals surface area (Å²) in [5, 5.41) is 3.38. The Balaban J connectivity index is 2.00. The van der Waals surface area contributed by atoms with E-state index in [0.29, 0.717) is 10.0 Å². The maximum atomic E-state index is 13.1. The Hall–Kier alpha value is -1.76. The first kappa shape index (κ1) is 18.0. The molecule has 2 aromatic carbocycles. The average molecular weight is 399 g/mol. The second-order valence-corrected chi connectivity index (χ2v) is 8.53. The predicted octanol–water partition coefficient (Wildman–Crippen LogP) is 3.47. The average Bonchev–Trinajstić information content (AvgIpc) is 3.36. The first-order valence-electron chi connectivity index (χ1n) is 7.69. The fraction of sp³-hybridized carbons (Fsp3) is 0.235. The van der Waals surface area contributed by atoms with E-state index in [2.05, 4.69) is 5.32 Å². The van der Waals surface area contributed by atoms with Crippen molar-refractivity contribution >= 4 is 44.8 Å². The SMILES string of the molecule is O=C(CN(c1cc(Cl)cc(Cl)c1)S(=O)(=O)c1ccccc1)NC1CC1. The van der Waals surface area contributed by atoms with Crippen LogP contribution in [0.15, 0.2) is 53.4 Å². The van der Waals surface area contributed by atoms with Crippen LogP contribution in [-0.4, -0.2) is 26.9 Å². The number of nitrogens with one attached hydrogen (secondary N) is 1. The summed E-state index contributed by atoms with van der Waals surface area (Å²) in [6.45, 7) is -0.343. The molecule has 0 unspecified atom stereocenters. The van der Waals surface area contributed by atoms with Gasteiger partial charge < -0.3 is 5.32 Å². The number of nitrogens with zero attached hydrogens (tertiary/aromatic N) is 1. The Morgan fingerprint density at radius 2 is 1.68 bits per heavy atom. The Labute approximate surface area is 156 Å². The zero-order valence-corrected chi connectivity index (χ0v) is 15.5. The topological polar surface area (TPSA) is 66.5 Å². The number of benzene rings is 2. The van der Waals surface area contributed by atoms with E-state index in [4.69, 9.17) is 23.2 Å². The second-order valence-electron chi connectivity index (χ2n) is 5.79. The standard InChI is InChI=1S/C17H16Cl2N2O3S/c18-12-8-13(19)10-15(9-12)21(11-17(22)20-14-6-7-14)25(23,24)16-4-2-1-3-5-16/h1-5,8-10,14H,6-7,11H2,(H,20,22). The lowest BCUT2D eigenvalue weighted by molar-refractivity contribution is -0.119. The van der Waals surface area contributed by atoms with Gasteiger partial charge in [-0.25, -0.2) is 8.42 Å². The van der Waals surface area contributed by atoms with Gasteiger partial charge >= 0.3 is 0 Å². The molecular formula is C17H16Cl2N2O3S. The van der Waals surface area contributed by atoms with E-state index in [-0.39, 0.29) is 29.1 Å². The number of hydrogen-bond acceptors (Lipinski definition) is 3. The molecule has 0 aliphatic heterocycles. The smallest absolute Gasteiger partial charge is 0.264 e. The van der Waals surface area contributed by atoms with Crippen LogP contribution in [0, 0.1) is 0 Å². The number of rotatable bonds is 6. The summed E-state index contributed by atoms with van der Waals surface area (Å²) in [5.41, 5.74) is 0.243. The van der Waals surface area contributed by atoms with Crippen molar-refractivity contribution < 1.29 is 13.2 Å². The van der Waals surface area contributed by atoms with Gasteiger partial charge in [0.25, 0.3) is 10.0 Å². The number of carbonyl (C=O) groups excluding carboxylic acids is 1. The van der Waals surface area contributed by atoms with Crippen molar-refractivity contribution in [1.29, 1.82) is 0 Å². The van der Waals surface area contributed by atoms with Crippen LogP contribution in [0.4, 0.5) is 5.69 Å². The highest BCUT2D eigenvalue weighted by atomic mass is 35.5. The van der Waals surface area contributed by atoms with Crippen LogP contribution < -0.4 is 9.62 Å². The Morgan fingerprint density at radius 3 is 2.24 bits per heavy atom. The molecule has 1 aliphatic carbocycles. The molecule has 8 heteroatoms. The highest BCUT2D eigenvalue weighted by molar-refractivity contribution is 7.92. The van der Waals surface area contributed by atoms with Crippen LogP contribution in [0.25, 0.3) is 0 Å². The highest BCUT2D eigenvalue weighted by Crippen LogP contribution is 2.29. The van der Waals surface area contributed by atoms with E-state index >= 15 is 0 Å². The van der Waals surface area contributed by atoms with Crippen molar-refractivity contribution in [2.45, 2.75) is 23.8 Å². The van der Waals surface area contributed by atoms with E-state index in [1.165, 1.54) is 30.3 Å². The van der Waals surface area contributed by atoms with E-state index in [9.17, 15) is 13.2 Å². The van der Waals surface area contributed by atoms with E-state index in [0.717, 1.165) is 17.1 Å². The molecule has 5 nitrogen and oxygen atoms in total. The maximum Gasteiger partial charge on any atom is 0.264 e. The lowest BCUT2D eigenvalue weighted by Gasteiger charge is -2.24.